The number of nitrogens with one attached hydrogen (secondary N) is 2. The Morgan fingerprint density at radius 2 is 1.80 bits per heavy atom. The van der Waals surface area contributed by atoms with Gasteiger partial charge in [0.1, 0.15) is 5.75 Å². The van der Waals surface area contributed by atoms with Crippen LogP contribution in [0.25, 0.3) is 0 Å². The van der Waals surface area contributed by atoms with Gasteiger partial charge in [-0.2, -0.15) is 0 Å². The summed E-state index contributed by atoms with van der Waals surface area (Å²) >= 11 is 12.0. The summed E-state index contributed by atoms with van der Waals surface area (Å²) < 4.78 is 6.73. The summed E-state index contributed by atoms with van der Waals surface area (Å²) in [6, 6.07) is 11.4. The Morgan fingerprint density at radius 1 is 1.16 bits per heavy atom. The number of thiocarbonyl (C=S) groups is 1. The molecule has 0 unspecified atom stereocenters. The summed E-state index contributed by atoms with van der Waals surface area (Å²) in [5.41, 5.74) is 2.43. The van der Waals surface area contributed by atoms with E-state index >= 15 is 0 Å². The van der Waals surface area contributed by atoms with Gasteiger partial charge in [0.25, 0.3) is 5.91 Å². The number of hydrogen-bond acceptors (Lipinski definition) is 3. The predicted molar refractivity (Wildman–Crippen MR) is 113 cm³/mol. The van der Waals surface area contributed by atoms with Gasteiger partial charge in [0.15, 0.2) is 5.11 Å². The minimum absolute atomic E-state index is 0.223. The molecular formula is C18H18Br2N2O2S. The number of halogens is 2. The summed E-state index contributed by atoms with van der Waals surface area (Å²) in [7, 11) is 1.51. The van der Waals surface area contributed by atoms with Crippen molar-refractivity contribution in [2.75, 3.05) is 12.4 Å². The zero-order valence-electron chi connectivity index (χ0n) is 14.0. The zero-order valence-corrected chi connectivity index (χ0v) is 18.0. The number of hydrogen-bond donors (Lipinski definition) is 2. The molecule has 132 valence electrons. The van der Waals surface area contributed by atoms with Gasteiger partial charge in [-0.1, -0.05) is 41.9 Å². The van der Waals surface area contributed by atoms with Crippen LogP contribution >= 0.6 is 44.1 Å². The first-order valence-electron chi connectivity index (χ1n) is 7.57. The van der Waals surface area contributed by atoms with E-state index in [1.807, 2.05) is 30.3 Å². The van der Waals surface area contributed by atoms with Crippen LogP contribution in [0.2, 0.25) is 0 Å². The van der Waals surface area contributed by atoms with E-state index in [4.69, 9.17) is 17.0 Å². The predicted octanol–water partition coefficient (Wildman–Crippen LogP) is 5.47. The molecule has 0 aliphatic heterocycles. The maximum absolute atomic E-state index is 12.5. The van der Waals surface area contributed by atoms with E-state index in [-0.39, 0.29) is 11.0 Å². The first-order chi connectivity index (χ1) is 11.8. The summed E-state index contributed by atoms with van der Waals surface area (Å²) in [4.78, 5) is 12.5. The molecule has 0 aliphatic carbocycles. The highest BCUT2D eigenvalue weighted by atomic mass is 79.9. The molecule has 0 saturated carbocycles. The lowest BCUT2D eigenvalue weighted by Crippen LogP contribution is -2.34. The number of amides is 1. The number of carbonyl (C=O) groups is 1. The highest BCUT2D eigenvalue weighted by Crippen LogP contribution is 2.32. The van der Waals surface area contributed by atoms with E-state index in [0.29, 0.717) is 21.7 Å². The van der Waals surface area contributed by atoms with E-state index in [9.17, 15) is 4.79 Å². The number of benzene rings is 2. The van der Waals surface area contributed by atoms with E-state index in [2.05, 4.69) is 56.3 Å². The molecule has 4 nitrogen and oxygen atoms in total. The van der Waals surface area contributed by atoms with E-state index < -0.39 is 0 Å². The van der Waals surface area contributed by atoms with Crippen molar-refractivity contribution >= 4 is 60.8 Å². The number of carbonyl (C=O) groups excluding carboxylic acids is 1. The fraction of sp³-hybridized carbons (Fsp3) is 0.222. The second-order valence-electron chi connectivity index (χ2n) is 5.65. The first kappa shape index (κ1) is 19.9. The fourth-order valence-electron chi connectivity index (χ4n) is 2.22. The summed E-state index contributed by atoms with van der Waals surface area (Å²) in [6.07, 6.45) is 0. The molecule has 2 aromatic carbocycles. The standard InChI is InChI=1S/C18H18Br2N2O2S/c1-10(2)11-4-6-13(7-5-11)21-18(25)22-17(23)14-8-12(19)9-15(20)16(14)24-3/h4-10H,1-3H3,(H2,21,22,23,25). The highest BCUT2D eigenvalue weighted by molar-refractivity contribution is 9.11. The number of rotatable bonds is 4. The molecule has 0 radical (unpaired) electrons. The van der Waals surface area contributed by atoms with Crippen molar-refractivity contribution in [2.24, 2.45) is 0 Å². The second-order valence-corrected chi connectivity index (χ2v) is 7.83. The van der Waals surface area contributed by atoms with Crippen LogP contribution in [-0.2, 0) is 0 Å². The van der Waals surface area contributed by atoms with Crippen molar-refractivity contribution in [1.82, 2.24) is 5.32 Å². The van der Waals surface area contributed by atoms with Crippen molar-refractivity contribution in [3.63, 3.8) is 0 Å². The number of ether oxygens (including phenoxy) is 1. The first-order valence-corrected chi connectivity index (χ1v) is 9.56. The molecule has 0 saturated heterocycles. The fourth-order valence-corrected chi connectivity index (χ4v) is 3.82. The lowest BCUT2D eigenvalue weighted by molar-refractivity contribution is 0.0974. The Bertz CT molecular complexity index is 792. The molecule has 2 rings (SSSR count). The van der Waals surface area contributed by atoms with Gasteiger partial charge in [0.05, 0.1) is 17.1 Å². The largest absolute Gasteiger partial charge is 0.495 e. The van der Waals surface area contributed by atoms with Gasteiger partial charge in [-0.05, 0) is 63.9 Å². The monoisotopic (exact) mass is 484 g/mol. The van der Waals surface area contributed by atoms with Crippen molar-refractivity contribution in [3.05, 3.63) is 56.5 Å². The van der Waals surface area contributed by atoms with Gasteiger partial charge < -0.3 is 10.1 Å². The van der Waals surface area contributed by atoms with Crippen LogP contribution in [0.4, 0.5) is 5.69 Å². The quantitative estimate of drug-likeness (QED) is 0.563. The Morgan fingerprint density at radius 3 is 2.36 bits per heavy atom. The summed E-state index contributed by atoms with van der Waals surface area (Å²) in [5, 5.41) is 5.90. The third kappa shape index (κ3) is 5.26. The van der Waals surface area contributed by atoms with Gasteiger partial charge >= 0.3 is 0 Å². The third-order valence-corrected chi connectivity index (χ3v) is 4.77. The van der Waals surface area contributed by atoms with Crippen LogP contribution in [0, 0.1) is 0 Å². The van der Waals surface area contributed by atoms with Gasteiger partial charge in [-0.3, -0.25) is 10.1 Å². The maximum atomic E-state index is 12.5. The highest BCUT2D eigenvalue weighted by Gasteiger charge is 2.17. The average molecular weight is 486 g/mol. The van der Waals surface area contributed by atoms with Crippen LogP contribution in [0.5, 0.6) is 5.75 Å². The van der Waals surface area contributed by atoms with Gasteiger partial charge in [0, 0.05) is 10.2 Å². The van der Waals surface area contributed by atoms with Crippen LogP contribution in [-0.4, -0.2) is 18.1 Å². The Labute approximate surface area is 169 Å². The molecule has 2 N–H and O–H groups in total. The van der Waals surface area contributed by atoms with Crippen LogP contribution in [0.1, 0.15) is 35.7 Å². The Balaban J connectivity index is 2.09. The molecule has 25 heavy (non-hydrogen) atoms. The molecule has 0 atom stereocenters. The number of methoxy groups -OCH3 is 1. The molecule has 0 heterocycles. The lowest BCUT2D eigenvalue weighted by Gasteiger charge is -2.14. The topological polar surface area (TPSA) is 50.4 Å². The molecule has 7 heteroatoms. The smallest absolute Gasteiger partial charge is 0.261 e. The molecule has 1 amide bonds. The van der Waals surface area contributed by atoms with Gasteiger partial charge in [-0.15, -0.1) is 0 Å². The zero-order chi connectivity index (χ0) is 18.6. The summed E-state index contributed by atoms with van der Waals surface area (Å²) in [6.45, 7) is 4.27. The molecule has 0 fully saturated rings. The summed E-state index contributed by atoms with van der Waals surface area (Å²) in [5.74, 6) is 0.558. The van der Waals surface area contributed by atoms with E-state index in [1.54, 1.807) is 6.07 Å². The van der Waals surface area contributed by atoms with E-state index in [0.717, 1.165) is 10.2 Å². The van der Waals surface area contributed by atoms with Crippen LogP contribution in [0.15, 0.2) is 45.3 Å². The minimum atomic E-state index is -0.352. The Hall–Kier alpha value is -1.44. The Kier molecular flexibility index (Phi) is 6.98. The second kappa shape index (κ2) is 8.78. The van der Waals surface area contributed by atoms with Crippen molar-refractivity contribution < 1.29 is 9.53 Å². The molecular weight excluding hydrogens is 468 g/mol. The van der Waals surface area contributed by atoms with E-state index in [1.165, 1.54) is 12.7 Å². The average Bonchev–Trinajstić information content (AvgIpc) is 2.54. The third-order valence-electron chi connectivity index (χ3n) is 3.52. The minimum Gasteiger partial charge on any atom is -0.495 e. The van der Waals surface area contributed by atoms with Gasteiger partial charge in [-0.25, -0.2) is 0 Å². The lowest BCUT2D eigenvalue weighted by atomic mass is 10.0. The van der Waals surface area contributed by atoms with Crippen molar-refractivity contribution in [1.29, 1.82) is 0 Å². The van der Waals surface area contributed by atoms with Gasteiger partial charge in [0.2, 0.25) is 0 Å². The molecule has 0 aromatic heterocycles. The molecule has 0 aliphatic rings. The SMILES string of the molecule is COc1c(Br)cc(Br)cc1C(=O)NC(=S)Nc1ccc(C(C)C)cc1. The molecule has 2 aromatic rings. The molecule has 0 spiro atoms. The molecule has 0 bridgehead atoms. The normalized spacial score (nSPS) is 10.5. The maximum Gasteiger partial charge on any atom is 0.261 e. The van der Waals surface area contributed by atoms with Crippen molar-refractivity contribution in [2.45, 2.75) is 19.8 Å². The van der Waals surface area contributed by atoms with Crippen LogP contribution < -0.4 is 15.4 Å². The number of anilines is 1. The van der Waals surface area contributed by atoms with Crippen LogP contribution in [0.3, 0.4) is 0 Å². The van der Waals surface area contributed by atoms with Crippen molar-refractivity contribution in [3.8, 4) is 5.75 Å².